The van der Waals surface area contributed by atoms with Crippen molar-refractivity contribution in [2.45, 2.75) is 25.4 Å². The van der Waals surface area contributed by atoms with Gasteiger partial charge in [0.1, 0.15) is 0 Å². The summed E-state index contributed by atoms with van der Waals surface area (Å²) in [5, 5.41) is 0. The van der Waals surface area contributed by atoms with E-state index in [0.717, 1.165) is 55.7 Å². The number of rotatable bonds is 3. The normalized spacial score (nSPS) is 19.2. The molecule has 2 heterocycles. The Balaban J connectivity index is 1.32. The predicted molar refractivity (Wildman–Crippen MR) is 117 cm³/mol. The van der Waals surface area contributed by atoms with Crippen molar-refractivity contribution < 1.29 is 4.79 Å². The Morgan fingerprint density at radius 3 is 2.38 bits per heavy atom. The van der Waals surface area contributed by atoms with Crippen LogP contribution in [0.2, 0.25) is 0 Å². The molecule has 0 saturated carbocycles. The van der Waals surface area contributed by atoms with E-state index in [-0.39, 0.29) is 5.91 Å². The van der Waals surface area contributed by atoms with E-state index in [0.29, 0.717) is 6.04 Å². The first kappa shape index (κ1) is 18.1. The van der Waals surface area contributed by atoms with Crippen LogP contribution in [0.5, 0.6) is 0 Å². The molecule has 0 bridgehead atoms. The first-order chi connectivity index (χ1) is 14.3. The van der Waals surface area contributed by atoms with Gasteiger partial charge >= 0.3 is 0 Å². The zero-order valence-electron chi connectivity index (χ0n) is 16.6. The third-order valence-electron chi connectivity index (χ3n) is 6.37. The van der Waals surface area contributed by atoms with Crippen LogP contribution in [0, 0.1) is 0 Å². The van der Waals surface area contributed by atoms with Crippen LogP contribution in [0.25, 0.3) is 11.1 Å². The molecular weight excluding hydrogens is 356 g/mol. The van der Waals surface area contributed by atoms with Gasteiger partial charge in [-0.05, 0) is 41.2 Å². The summed E-state index contributed by atoms with van der Waals surface area (Å²) in [6, 6.07) is 27.4. The standard InChI is InChI=1S/C26H26N2O/c29-26(25-13-7-6-12-24(25)21-9-2-1-3-10-21)28-17-15-23(19-28)27-16-14-20-8-4-5-11-22(20)18-27/h1-13,23H,14-19H2/t23-/m1/s1. The highest BCUT2D eigenvalue weighted by Gasteiger charge is 2.33. The van der Waals surface area contributed by atoms with Gasteiger partial charge in [-0.3, -0.25) is 9.69 Å². The van der Waals surface area contributed by atoms with Gasteiger partial charge in [-0.2, -0.15) is 0 Å². The second-order valence-corrected chi connectivity index (χ2v) is 8.09. The molecule has 3 aromatic rings. The van der Waals surface area contributed by atoms with E-state index in [2.05, 4.69) is 47.4 Å². The van der Waals surface area contributed by atoms with Crippen molar-refractivity contribution in [3.63, 3.8) is 0 Å². The third-order valence-corrected chi connectivity index (χ3v) is 6.37. The molecule has 3 nitrogen and oxygen atoms in total. The second-order valence-electron chi connectivity index (χ2n) is 8.09. The molecule has 29 heavy (non-hydrogen) atoms. The Morgan fingerprint density at radius 1 is 0.793 bits per heavy atom. The maximum atomic E-state index is 13.4. The highest BCUT2D eigenvalue weighted by molar-refractivity contribution is 6.01. The summed E-state index contributed by atoms with van der Waals surface area (Å²) in [7, 11) is 0. The topological polar surface area (TPSA) is 23.6 Å². The summed E-state index contributed by atoms with van der Waals surface area (Å²) in [5.41, 5.74) is 5.85. The van der Waals surface area contributed by atoms with Crippen molar-refractivity contribution in [1.82, 2.24) is 9.80 Å². The highest BCUT2D eigenvalue weighted by atomic mass is 16.2. The van der Waals surface area contributed by atoms with Gasteiger partial charge < -0.3 is 4.90 Å². The van der Waals surface area contributed by atoms with E-state index in [1.54, 1.807) is 0 Å². The highest BCUT2D eigenvalue weighted by Crippen LogP contribution is 2.28. The van der Waals surface area contributed by atoms with Gasteiger partial charge in [0, 0.05) is 37.8 Å². The summed E-state index contributed by atoms with van der Waals surface area (Å²) in [4.78, 5) is 18.0. The Kier molecular flexibility index (Phi) is 4.91. The largest absolute Gasteiger partial charge is 0.337 e. The van der Waals surface area contributed by atoms with Crippen molar-refractivity contribution in [3.05, 3.63) is 95.6 Å². The van der Waals surface area contributed by atoms with E-state index < -0.39 is 0 Å². The van der Waals surface area contributed by atoms with Crippen molar-refractivity contribution in [2.75, 3.05) is 19.6 Å². The number of carbonyl (C=O) groups excluding carboxylic acids is 1. The number of nitrogens with zero attached hydrogens (tertiary/aromatic N) is 2. The molecule has 5 rings (SSSR count). The molecule has 0 unspecified atom stereocenters. The van der Waals surface area contributed by atoms with Crippen LogP contribution in [0.4, 0.5) is 0 Å². The van der Waals surface area contributed by atoms with Gasteiger partial charge in [-0.25, -0.2) is 0 Å². The maximum Gasteiger partial charge on any atom is 0.254 e. The molecule has 1 saturated heterocycles. The lowest BCUT2D eigenvalue weighted by molar-refractivity contribution is 0.0774. The van der Waals surface area contributed by atoms with Gasteiger partial charge in [0.25, 0.3) is 5.91 Å². The molecule has 1 atom stereocenters. The Hall–Kier alpha value is -2.91. The maximum absolute atomic E-state index is 13.4. The van der Waals surface area contributed by atoms with Crippen LogP contribution >= 0.6 is 0 Å². The van der Waals surface area contributed by atoms with Gasteiger partial charge in [0.05, 0.1) is 0 Å². The molecule has 0 radical (unpaired) electrons. The number of fused-ring (bicyclic) bond motifs is 1. The van der Waals surface area contributed by atoms with Gasteiger partial charge in [-0.1, -0.05) is 72.8 Å². The quantitative estimate of drug-likeness (QED) is 0.660. The molecule has 3 heteroatoms. The Morgan fingerprint density at radius 2 is 1.52 bits per heavy atom. The number of hydrogen-bond donors (Lipinski definition) is 0. The van der Waals surface area contributed by atoms with Crippen LogP contribution < -0.4 is 0 Å². The molecule has 2 aliphatic heterocycles. The zero-order valence-corrected chi connectivity index (χ0v) is 16.6. The molecule has 146 valence electrons. The minimum Gasteiger partial charge on any atom is -0.337 e. The molecule has 2 aliphatic rings. The van der Waals surface area contributed by atoms with Crippen molar-refractivity contribution >= 4 is 5.91 Å². The third kappa shape index (κ3) is 3.58. The molecule has 0 spiro atoms. The van der Waals surface area contributed by atoms with Gasteiger partial charge in [0.15, 0.2) is 0 Å². The lowest BCUT2D eigenvalue weighted by Gasteiger charge is -2.33. The summed E-state index contributed by atoms with van der Waals surface area (Å²) >= 11 is 0. The fraction of sp³-hybridized carbons (Fsp3) is 0.269. The van der Waals surface area contributed by atoms with E-state index in [1.807, 2.05) is 41.3 Å². The second kappa shape index (κ2) is 7.84. The molecule has 0 aromatic heterocycles. The number of hydrogen-bond acceptors (Lipinski definition) is 2. The van der Waals surface area contributed by atoms with Crippen LogP contribution in [-0.2, 0) is 13.0 Å². The summed E-state index contributed by atoms with van der Waals surface area (Å²) in [6.07, 6.45) is 2.17. The molecule has 1 fully saturated rings. The fourth-order valence-electron chi connectivity index (χ4n) is 4.76. The van der Waals surface area contributed by atoms with Crippen LogP contribution in [-0.4, -0.2) is 41.4 Å². The smallest absolute Gasteiger partial charge is 0.254 e. The first-order valence-electron chi connectivity index (χ1n) is 10.5. The minimum atomic E-state index is 0.157. The Bertz CT molecular complexity index is 1010. The number of carbonyl (C=O) groups is 1. The molecular formula is C26H26N2O. The molecule has 1 amide bonds. The number of benzene rings is 3. The van der Waals surface area contributed by atoms with E-state index in [1.165, 1.54) is 11.1 Å². The average molecular weight is 383 g/mol. The van der Waals surface area contributed by atoms with Crippen molar-refractivity contribution in [3.8, 4) is 11.1 Å². The fourth-order valence-corrected chi connectivity index (χ4v) is 4.76. The Labute approximate surface area is 172 Å². The van der Waals surface area contributed by atoms with Crippen molar-refractivity contribution in [1.29, 1.82) is 0 Å². The summed E-state index contributed by atoms with van der Waals surface area (Å²) in [5.74, 6) is 0.157. The van der Waals surface area contributed by atoms with Gasteiger partial charge in [0.2, 0.25) is 0 Å². The molecule has 0 N–H and O–H groups in total. The predicted octanol–water partition coefficient (Wildman–Crippen LogP) is 4.63. The number of amides is 1. The number of likely N-dealkylation sites (tertiary alicyclic amines) is 1. The summed E-state index contributed by atoms with van der Waals surface area (Å²) in [6.45, 7) is 3.75. The minimum absolute atomic E-state index is 0.157. The SMILES string of the molecule is O=C(c1ccccc1-c1ccccc1)N1CC[C@@H](N2CCc3ccccc3C2)C1. The zero-order chi connectivity index (χ0) is 19.6. The van der Waals surface area contributed by atoms with E-state index in [9.17, 15) is 4.79 Å². The molecule has 0 aliphatic carbocycles. The van der Waals surface area contributed by atoms with Crippen LogP contribution in [0.15, 0.2) is 78.9 Å². The lowest BCUT2D eigenvalue weighted by atomic mass is 9.98. The average Bonchev–Trinajstić information content (AvgIpc) is 3.29. The van der Waals surface area contributed by atoms with E-state index in [4.69, 9.17) is 0 Å². The van der Waals surface area contributed by atoms with Crippen LogP contribution in [0.1, 0.15) is 27.9 Å². The monoisotopic (exact) mass is 382 g/mol. The molecule has 3 aromatic carbocycles. The summed E-state index contributed by atoms with van der Waals surface area (Å²) < 4.78 is 0. The van der Waals surface area contributed by atoms with Crippen molar-refractivity contribution in [2.24, 2.45) is 0 Å². The lowest BCUT2D eigenvalue weighted by Crippen LogP contribution is -2.41. The first-order valence-corrected chi connectivity index (χ1v) is 10.5. The van der Waals surface area contributed by atoms with E-state index >= 15 is 0 Å². The van der Waals surface area contributed by atoms with Crippen LogP contribution in [0.3, 0.4) is 0 Å². The van der Waals surface area contributed by atoms with Gasteiger partial charge in [-0.15, -0.1) is 0 Å².